The van der Waals surface area contributed by atoms with Crippen LogP contribution in [-0.2, 0) is 0 Å². The molecule has 138 valence electrons. The number of alkyl halides is 2. The van der Waals surface area contributed by atoms with E-state index in [-0.39, 0.29) is 11.7 Å². The zero-order valence-electron chi connectivity index (χ0n) is 14.5. The molecule has 1 fully saturated rings. The molecule has 2 aromatic rings. The number of rotatable bonds is 5. The Labute approximate surface area is 151 Å². The number of carbonyl (C=O) groups is 1. The molecule has 0 unspecified atom stereocenters. The maximum atomic E-state index is 12.3. The molecule has 1 saturated heterocycles. The lowest BCUT2D eigenvalue weighted by Crippen LogP contribution is -3.12. The minimum absolute atomic E-state index is 0.0231. The van der Waals surface area contributed by atoms with Crippen molar-refractivity contribution in [3.8, 4) is 5.75 Å². The summed E-state index contributed by atoms with van der Waals surface area (Å²) in [4.78, 5) is 16.1. The number of anilines is 2. The van der Waals surface area contributed by atoms with Crippen LogP contribution in [0.25, 0.3) is 0 Å². The van der Waals surface area contributed by atoms with Gasteiger partial charge in [0.05, 0.1) is 33.2 Å². The van der Waals surface area contributed by atoms with E-state index in [1.54, 1.807) is 0 Å². The van der Waals surface area contributed by atoms with Gasteiger partial charge in [-0.05, 0) is 48.5 Å². The smallest absolute Gasteiger partial charge is 0.387 e. The Kier molecular flexibility index (Phi) is 5.68. The van der Waals surface area contributed by atoms with Gasteiger partial charge in [-0.25, -0.2) is 0 Å². The lowest BCUT2D eigenvalue weighted by molar-refractivity contribution is -0.880. The van der Waals surface area contributed by atoms with Gasteiger partial charge < -0.3 is 19.9 Å². The third-order valence-corrected chi connectivity index (χ3v) is 4.45. The number of hydrogen-bond acceptors (Lipinski definition) is 3. The third-order valence-electron chi connectivity index (χ3n) is 4.45. The summed E-state index contributed by atoms with van der Waals surface area (Å²) in [5, 5.41) is 2.81. The van der Waals surface area contributed by atoms with Crippen LogP contribution in [0.2, 0.25) is 0 Å². The van der Waals surface area contributed by atoms with Crippen LogP contribution in [0.3, 0.4) is 0 Å². The fourth-order valence-electron chi connectivity index (χ4n) is 2.89. The number of nitrogens with one attached hydrogen (secondary N) is 2. The van der Waals surface area contributed by atoms with Gasteiger partial charge in [-0.1, -0.05) is 0 Å². The maximum Gasteiger partial charge on any atom is 0.387 e. The molecule has 1 heterocycles. The normalized spacial score (nSPS) is 15.2. The van der Waals surface area contributed by atoms with Crippen molar-refractivity contribution in [3.05, 3.63) is 54.1 Å². The minimum atomic E-state index is -2.88. The van der Waals surface area contributed by atoms with E-state index in [4.69, 9.17) is 0 Å². The van der Waals surface area contributed by atoms with Crippen LogP contribution in [0, 0.1) is 0 Å². The van der Waals surface area contributed by atoms with Crippen LogP contribution in [0.1, 0.15) is 10.4 Å². The lowest BCUT2D eigenvalue weighted by Gasteiger charge is -2.31. The molecule has 26 heavy (non-hydrogen) atoms. The van der Waals surface area contributed by atoms with Gasteiger partial charge in [0.25, 0.3) is 5.91 Å². The Morgan fingerprint density at radius 3 is 2.27 bits per heavy atom. The van der Waals surface area contributed by atoms with Gasteiger partial charge in [0.2, 0.25) is 0 Å². The molecule has 1 aliphatic rings. The number of carbonyl (C=O) groups excluding carboxylic acids is 1. The Morgan fingerprint density at radius 1 is 1.08 bits per heavy atom. The maximum absolute atomic E-state index is 12.3. The molecule has 0 radical (unpaired) electrons. The van der Waals surface area contributed by atoms with Crippen LogP contribution in [-0.4, -0.2) is 45.7 Å². The molecule has 0 aromatic heterocycles. The summed E-state index contributed by atoms with van der Waals surface area (Å²) in [7, 11) is 2.20. The van der Waals surface area contributed by atoms with Crippen molar-refractivity contribution < 1.29 is 23.2 Å². The second kappa shape index (κ2) is 8.14. The predicted molar refractivity (Wildman–Crippen MR) is 96.3 cm³/mol. The van der Waals surface area contributed by atoms with E-state index in [0.29, 0.717) is 11.3 Å². The van der Waals surface area contributed by atoms with Crippen molar-refractivity contribution in [2.75, 3.05) is 43.4 Å². The van der Waals surface area contributed by atoms with E-state index in [1.165, 1.54) is 29.2 Å². The van der Waals surface area contributed by atoms with E-state index in [0.717, 1.165) is 31.9 Å². The third kappa shape index (κ3) is 4.70. The van der Waals surface area contributed by atoms with Crippen molar-refractivity contribution >= 4 is 17.3 Å². The highest BCUT2D eigenvalue weighted by Crippen LogP contribution is 2.19. The largest absolute Gasteiger partial charge is 0.435 e. The van der Waals surface area contributed by atoms with Crippen molar-refractivity contribution in [2.45, 2.75) is 6.61 Å². The number of piperazine rings is 1. The quantitative estimate of drug-likeness (QED) is 0.854. The van der Waals surface area contributed by atoms with Crippen LogP contribution in [0.4, 0.5) is 20.2 Å². The van der Waals surface area contributed by atoms with Gasteiger partial charge >= 0.3 is 6.61 Å². The number of ether oxygens (including phenoxy) is 1. The van der Waals surface area contributed by atoms with Gasteiger partial charge in [-0.2, -0.15) is 8.78 Å². The summed E-state index contributed by atoms with van der Waals surface area (Å²) >= 11 is 0. The zero-order chi connectivity index (χ0) is 18.5. The number of quaternary nitrogens is 1. The van der Waals surface area contributed by atoms with Crippen molar-refractivity contribution in [1.29, 1.82) is 0 Å². The minimum Gasteiger partial charge on any atom is -0.435 e. The molecule has 7 heteroatoms. The first-order chi connectivity index (χ1) is 12.5. The molecule has 0 spiro atoms. The van der Waals surface area contributed by atoms with E-state index < -0.39 is 6.61 Å². The summed E-state index contributed by atoms with van der Waals surface area (Å²) in [5.74, 6) is -0.278. The molecule has 0 atom stereocenters. The number of benzene rings is 2. The van der Waals surface area contributed by atoms with E-state index >= 15 is 0 Å². The first kappa shape index (κ1) is 18.1. The van der Waals surface area contributed by atoms with Gasteiger partial charge in [-0.3, -0.25) is 4.79 Å². The number of likely N-dealkylation sites (N-methyl/N-ethyl adjacent to an activating group) is 1. The Morgan fingerprint density at radius 2 is 1.69 bits per heavy atom. The van der Waals surface area contributed by atoms with Crippen LogP contribution >= 0.6 is 0 Å². The molecule has 0 saturated carbocycles. The molecular formula is C19H22F2N3O2+. The Hall–Kier alpha value is -2.67. The summed E-state index contributed by atoms with van der Waals surface area (Å²) in [6.45, 7) is 1.39. The molecule has 0 bridgehead atoms. The molecule has 1 amide bonds. The van der Waals surface area contributed by atoms with Crippen LogP contribution in [0.15, 0.2) is 48.5 Å². The summed E-state index contributed by atoms with van der Waals surface area (Å²) in [5.41, 5.74) is 2.20. The average molecular weight is 362 g/mol. The van der Waals surface area contributed by atoms with Crippen LogP contribution in [0.5, 0.6) is 5.75 Å². The summed E-state index contributed by atoms with van der Waals surface area (Å²) in [6, 6.07) is 13.3. The molecule has 2 aromatic carbocycles. The monoisotopic (exact) mass is 362 g/mol. The Bertz CT molecular complexity index is 727. The van der Waals surface area contributed by atoms with Gasteiger partial charge in [0.1, 0.15) is 5.75 Å². The SMILES string of the molecule is C[NH+]1CCN(c2ccc(NC(=O)c3ccc(OC(F)F)cc3)cc2)CC1. The summed E-state index contributed by atoms with van der Waals surface area (Å²) < 4.78 is 28.6. The first-order valence-corrected chi connectivity index (χ1v) is 8.54. The number of hydrogen-bond donors (Lipinski definition) is 2. The lowest BCUT2D eigenvalue weighted by atomic mass is 10.2. The fraction of sp³-hybridized carbons (Fsp3) is 0.316. The highest BCUT2D eigenvalue weighted by molar-refractivity contribution is 6.04. The molecular weight excluding hydrogens is 340 g/mol. The molecule has 5 nitrogen and oxygen atoms in total. The molecule has 3 rings (SSSR count). The molecule has 2 N–H and O–H groups in total. The van der Waals surface area contributed by atoms with Gasteiger partial charge in [0.15, 0.2) is 0 Å². The topological polar surface area (TPSA) is 46.0 Å². The van der Waals surface area contributed by atoms with Gasteiger partial charge in [0, 0.05) is 16.9 Å². The number of halogens is 2. The Balaban J connectivity index is 1.59. The first-order valence-electron chi connectivity index (χ1n) is 8.54. The second-order valence-corrected chi connectivity index (χ2v) is 6.35. The highest BCUT2D eigenvalue weighted by Gasteiger charge is 2.17. The van der Waals surface area contributed by atoms with E-state index in [2.05, 4.69) is 22.0 Å². The predicted octanol–water partition coefficient (Wildman–Crippen LogP) is 1.88. The van der Waals surface area contributed by atoms with E-state index in [9.17, 15) is 13.6 Å². The molecule has 1 aliphatic heterocycles. The highest BCUT2D eigenvalue weighted by atomic mass is 19.3. The standard InChI is InChI=1S/C19H21F2N3O2/c1-23-10-12-24(13-11-23)16-6-4-15(5-7-16)22-18(25)14-2-8-17(9-3-14)26-19(20)21/h2-9,19H,10-13H2,1H3,(H,22,25)/p+1. The average Bonchev–Trinajstić information content (AvgIpc) is 2.63. The second-order valence-electron chi connectivity index (χ2n) is 6.35. The van der Waals surface area contributed by atoms with Crippen molar-refractivity contribution in [3.63, 3.8) is 0 Å². The summed E-state index contributed by atoms with van der Waals surface area (Å²) in [6.07, 6.45) is 0. The number of nitrogens with zero attached hydrogens (tertiary/aromatic N) is 1. The van der Waals surface area contributed by atoms with Crippen molar-refractivity contribution in [2.24, 2.45) is 0 Å². The number of amides is 1. The van der Waals surface area contributed by atoms with E-state index in [1.807, 2.05) is 24.3 Å². The van der Waals surface area contributed by atoms with Gasteiger partial charge in [-0.15, -0.1) is 0 Å². The van der Waals surface area contributed by atoms with Crippen molar-refractivity contribution in [1.82, 2.24) is 0 Å². The fourth-order valence-corrected chi connectivity index (χ4v) is 2.89. The zero-order valence-corrected chi connectivity index (χ0v) is 14.5. The molecule has 0 aliphatic carbocycles. The van der Waals surface area contributed by atoms with Crippen LogP contribution < -0.4 is 19.9 Å².